The van der Waals surface area contributed by atoms with Gasteiger partial charge in [-0.1, -0.05) is 18.2 Å². The SMILES string of the molecule is CNCC(C)(F)c1ccccc1SC. The lowest BCUT2D eigenvalue weighted by Crippen LogP contribution is -2.29. The first-order valence-corrected chi connectivity index (χ1v) is 5.81. The van der Waals surface area contributed by atoms with Crippen LogP contribution in [0, 0.1) is 0 Å². The van der Waals surface area contributed by atoms with Crippen LogP contribution in [0.25, 0.3) is 0 Å². The number of rotatable bonds is 4. The van der Waals surface area contributed by atoms with E-state index < -0.39 is 5.67 Å². The molecular formula is C11H16FNS. The number of likely N-dealkylation sites (N-methyl/N-ethyl adjacent to an activating group) is 1. The van der Waals surface area contributed by atoms with Crippen molar-refractivity contribution >= 4 is 11.8 Å². The van der Waals surface area contributed by atoms with E-state index in [-0.39, 0.29) is 0 Å². The smallest absolute Gasteiger partial charge is 0.146 e. The normalized spacial score (nSPS) is 15.1. The van der Waals surface area contributed by atoms with Gasteiger partial charge < -0.3 is 5.32 Å². The first-order chi connectivity index (χ1) is 6.61. The maximum Gasteiger partial charge on any atom is 0.146 e. The van der Waals surface area contributed by atoms with Gasteiger partial charge in [0.1, 0.15) is 5.67 Å². The molecule has 0 saturated heterocycles. The molecule has 0 aliphatic rings. The van der Waals surface area contributed by atoms with Gasteiger partial charge >= 0.3 is 0 Å². The highest BCUT2D eigenvalue weighted by Gasteiger charge is 2.27. The summed E-state index contributed by atoms with van der Waals surface area (Å²) in [6.07, 6.45) is 1.97. The summed E-state index contributed by atoms with van der Waals surface area (Å²) >= 11 is 1.58. The lowest BCUT2D eigenvalue weighted by Gasteiger charge is -2.22. The molecule has 0 aliphatic heterocycles. The maximum absolute atomic E-state index is 14.2. The Kier molecular flexibility index (Phi) is 3.96. The Balaban J connectivity index is 3.04. The summed E-state index contributed by atoms with van der Waals surface area (Å²) < 4.78 is 14.2. The van der Waals surface area contributed by atoms with E-state index in [1.54, 1.807) is 25.7 Å². The van der Waals surface area contributed by atoms with E-state index in [4.69, 9.17) is 0 Å². The summed E-state index contributed by atoms with van der Waals surface area (Å²) in [5.41, 5.74) is -0.532. The van der Waals surface area contributed by atoms with Crippen molar-refractivity contribution < 1.29 is 4.39 Å². The predicted molar refractivity (Wildman–Crippen MR) is 60.6 cm³/mol. The minimum absolute atomic E-state index is 0.338. The maximum atomic E-state index is 14.2. The van der Waals surface area contributed by atoms with Crippen LogP contribution in [-0.2, 0) is 5.67 Å². The van der Waals surface area contributed by atoms with E-state index in [1.165, 1.54) is 0 Å². The molecule has 3 heteroatoms. The number of thioether (sulfide) groups is 1. The van der Waals surface area contributed by atoms with Crippen molar-refractivity contribution in [3.05, 3.63) is 29.8 Å². The zero-order chi connectivity index (χ0) is 10.6. The molecule has 0 amide bonds. The molecule has 0 aromatic heterocycles. The highest BCUT2D eigenvalue weighted by molar-refractivity contribution is 7.98. The quantitative estimate of drug-likeness (QED) is 0.772. The summed E-state index contributed by atoms with van der Waals surface area (Å²) in [6, 6.07) is 7.62. The molecule has 78 valence electrons. The summed E-state index contributed by atoms with van der Waals surface area (Å²) in [7, 11) is 1.76. The second kappa shape index (κ2) is 4.80. The van der Waals surface area contributed by atoms with Crippen LogP contribution in [0.5, 0.6) is 0 Å². The first kappa shape index (κ1) is 11.5. The Morgan fingerprint density at radius 3 is 2.64 bits per heavy atom. The third-order valence-corrected chi connectivity index (χ3v) is 2.97. The summed E-state index contributed by atoms with van der Waals surface area (Å²) in [5, 5.41) is 2.87. The van der Waals surface area contributed by atoms with Gasteiger partial charge in [0.15, 0.2) is 0 Å². The van der Waals surface area contributed by atoms with Crippen molar-refractivity contribution in [1.82, 2.24) is 5.32 Å². The number of halogens is 1. The van der Waals surface area contributed by atoms with Gasteiger partial charge in [-0.2, -0.15) is 0 Å². The molecule has 1 rings (SSSR count). The number of benzene rings is 1. The van der Waals surface area contributed by atoms with E-state index >= 15 is 0 Å². The van der Waals surface area contributed by atoms with Crippen molar-refractivity contribution in [3.8, 4) is 0 Å². The van der Waals surface area contributed by atoms with E-state index in [0.29, 0.717) is 6.54 Å². The molecule has 0 bridgehead atoms. The first-order valence-electron chi connectivity index (χ1n) is 4.59. The molecular weight excluding hydrogens is 197 g/mol. The molecule has 1 N–H and O–H groups in total. The lowest BCUT2D eigenvalue weighted by molar-refractivity contribution is 0.187. The minimum Gasteiger partial charge on any atom is -0.316 e. The van der Waals surface area contributed by atoms with Crippen molar-refractivity contribution in [2.45, 2.75) is 17.5 Å². The second-order valence-electron chi connectivity index (χ2n) is 3.43. The Morgan fingerprint density at radius 1 is 1.43 bits per heavy atom. The fraction of sp³-hybridized carbons (Fsp3) is 0.455. The fourth-order valence-corrected chi connectivity index (χ4v) is 2.22. The van der Waals surface area contributed by atoms with Gasteiger partial charge in [0, 0.05) is 17.0 Å². The van der Waals surface area contributed by atoms with Gasteiger partial charge in [-0.05, 0) is 26.3 Å². The van der Waals surface area contributed by atoms with Gasteiger partial charge in [0.25, 0.3) is 0 Å². The molecule has 0 saturated carbocycles. The molecule has 0 heterocycles. The average molecular weight is 213 g/mol. The van der Waals surface area contributed by atoms with Gasteiger partial charge in [0.2, 0.25) is 0 Å². The third-order valence-electron chi connectivity index (χ3n) is 2.18. The van der Waals surface area contributed by atoms with Crippen LogP contribution < -0.4 is 5.32 Å². The zero-order valence-electron chi connectivity index (χ0n) is 8.80. The van der Waals surface area contributed by atoms with Crippen molar-refractivity contribution in [2.75, 3.05) is 19.8 Å². The van der Waals surface area contributed by atoms with Gasteiger partial charge in [-0.15, -0.1) is 11.8 Å². The van der Waals surface area contributed by atoms with Crippen LogP contribution in [0.4, 0.5) is 4.39 Å². The highest BCUT2D eigenvalue weighted by atomic mass is 32.2. The molecule has 0 spiro atoms. The van der Waals surface area contributed by atoms with Crippen LogP contribution in [0.1, 0.15) is 12.5 Å². The van der Waals surface area contributed by atoms with Gasteiger partial charge in [-0.3, -0.25) is 0 Å². The zero-order valence-corrected chi connectivity index (χ0v) is 9.62. The summed E-state index contributed by atoms with van der Waals surface area (Å²) in [5.74, 6) is 0. The van der Waals surface area contributed by atoms with Crippen LogP contribution >= 0.6 is 11.8 Å². The molecule has 1 unspecified atom stereocenters. The van der Waals surface area contributed by atoms with Crippen molar-refractivity contribution in [3.63, 3.8) is 0 Å². The van der Waals surface area contributed by atoms with Gasteiger partial charge in [0.05, 0.1) is 0 Å². The van der Waals surface area contributed by atoms with Crippen LogP contribution in [0.15, 0.2) is 29.2 Å². The fourth-order valence-electron chi connectivity index (χ4n) is 1.50. The Bertz CT molecular complexity index is 299. The molecule has 1 atom stereocenters. The minimum atomic E-state index is -1.30. The van der Waals surface area contributed by atoms with Crippen molar-refractivity contribution in [1.29, 1.82) is 0 Å². The standard InChI is InChI=1S/C11H16FNS/c1-11(12,8-13-2)9-6-4-5-7-10(9)14-3/h4-7,13H,8H2,1-3H3. The number of alkyl halides is 1. The molecule has 1 aromatic rings. The average Bonchev–Trinajstić information content (AvgIpc) is 2.18. The molecule has 1 nitrogen and oxygen atoms in total. The summed E-state index contributed by atoms with van der Waals surface area (Å²) in [4.78, 5) is 1.01. The number of hydrogen-bond acceptors (Lipinski definition) is 2. The third kappa shape index (κ3) is 2.49. The highest BCUT2D eigenvalue weighted by Crippen LogP contribution is 2.32. The molecule has 0 fully saturated rings. The monoisotopic (exact) mass is 213 g/mol. The Morgan fingerprint density at radius 2 is 2.07 bits per heavy atom. The van der Waals surface area contributed by atoms with E-state index in [0.717, 1.165) is 10.5 Å². The molecule has 1 aromatic carbocycles. The second-order valence-corrected chi connectivity index (χ2v) is 4.28. The van der Waals surface area contributed by atoms with Gasteiger partial charge in [-0.25, -0.2) is 4.39 Å². The van der Waals surface area contributed by atoms with E-state index in [2.05, 4.69) is 5.32 Å². The van der Waals surface area contributed by atoms with Crippen LogP contribution in [-0.4, -0.2) is 19.8 Å². The number of nitrogens with one attached hydrogen (secondary N) is 1. The lowest BCUT2D eigenvalue weighted by atomic mass is 9.98. The number of hydrogen-bond donors (Lipinski definition) is 1. The van der Waals surface area contributed by atoms with Crippen LogP contribution in [0.2, 0.25) is 0 Å². The topological polar surface area (TPSA) is 12.0 Å². The molecule has 0 aliphatic carbocycles. The van der Waals surface area contributed by atoms with Crippen molar-refractivity contribution in [2.24, 2.45) is 0 Å². The largest absolute Gasteiger partial charge is 0.316 e. The Hall–Kier alpha value is -0.540. The molecule has 14 heavy (non-hydrogen) atoms. The summed E-state index contributed by atoms with van der Waals surface area (Å²) in [6.45, 7) is 1.95. The van der Waals surface area contributed by atoms with E-state index in [1.807, 2.05) is 30.5 Å². The molecule has 0 radical (unpaired) electrons. The Labute approximate surface area is 89.1 Å². The van der Waals surface area contributed by atoms with Crippen LogP contribution in [0.3, 0.4) is 0 Å². The van der Waals surface area contributed by atoms with E-state index in [9.17, 15) is 4.39 Å². The predicted octanol–water partition coefficient (Wildman–Crippen LogP) is 2.81.